The van der Waals surface area contributed by atoms with Crippen molar-refractivity contribution in [2.45, 2.75) is 38.5 Å². The van der Waals surface area contributed by atoms with Gasteiger partial charge in [0.1, 0.15) is 11.0 Å². The molecule has 4 heteroatoms. The van der Waals surface area contributed by atoms with E-state index in [1.165, 1.54) is 12.8 Å². The van der Waals surface area contributed by atoms with E-state index in [4.69, 9.17) is 11.6 Å². The number of nitrogens with zero attached hydrogens (tertiary/aromatic N) is 1. The zero-order valence-corrected chi connectivity index (χ0v) is 10.5. The Bertz CT molecular complexity index is 387. The molecule has 1 aliphatic carbocycles. The Hall–Kier alpha value is -1.09. The minimum Gasteiger partial charge on any atom is -0.310 e. The number of halogens is 1. The SMILES string of the molecule is O=C(Nc1cccc(Cl)n1)C1CCCCCC1. The van der Waals surface area contributed by atoms with Gasteiger partial charge in [-0.1, -0.05) is 43.4 Å². The third-order valence-corrected chi connectivity index (χ3v) is 3.40. The van der Waals surface area contributed by atoms with Crippen LogP contribution in [0.15, 0.2) is 18.2 Å². The second-order valence-electron chi connectivity index (χ2n) is 4.52. The summed E-state index contributed by atoms with van der Waals surface area (Å²) in [4.78, 5) is 16.1. The molecular weight excluding hydrogens is 236 g/mol. The molecule has 0 aliphatic heterocycles. The van der Waals surface area contributed by atoms with Gasteiger partial charge in [0.05, 0.1) is 0 Å². The van der Waals surface area contributed by atoms with Gasteiger partial charge in [0.15, 0.2) is 0 Å². The van der Waals surface area contributed by atoms with Crippen molar-refractivity contribution < 1.29 is 4.79 Å². The Balaban J connectivity index is 1.95. The minimum absolute atomic E-state index is 0.0849. The van der Waals surface area contributed by atoms with Crippen LogP contribution in [0.1, 0.15) is 38.5 Å². The molecule has 1 fully saturated rings. The second-order valence-corrected chi connectivity index (χ2v) is 4.91. The molecule has 1 saturated carbocycles. The lowest BCUT2D eigenvalue weighted by Crippen LogP contribution is -2.22. The summed E-state index contributed by atoms with van der Waals surface area (Å²) in [5, 5.41) is 3.25. The summed E-state index contributed by atoms with van der Waals surface area (Å²) in [5.41, 5.74) is 0. The highest BCUT2D eigenvalue weighted by molar-refractivity contribution is 6.29. The number of anilines is 1. The summed E-state index contributed by atoms with van der Waals surface area (Å²) in [5.74, 6) is 0.770. The van der Waals surface area contributed by atoms with E-state index in [1.54, 1.807) is 18.2 Å². The molecule has 0 aromatic carbocycles. The van der Waals surface area contributed by atoms with Crippen LogP contribution in [0.3, 0.4) is 0 Å². The highest BCUT2D eigenvalue weighted by atomic mass is 35.5. The minimum atomic E-state index is 0.0849. The number of rotatable bonds is 2. The Labute approximate surface area is 107 Å². The monoisotopic (exact) mass is 252 g/mol. The zero-order valence-electron chi connectivity index (χ0n) is 9.79. The zero-order chi connectivity index (χ0) is 12.1. The third-order valence-electron chi connectivity index (χ3n) is 3.19. The maximum atomic E-state index is 12.0. The summed E-state index contributed by atoms with van der Waals surface area (Å²) in [7, 11) is 0. The van der Waals surface area contributed by atoms with E-state index < -0.39 is 0 Å². The summed E-state index contributed by atoms with van der Waals surface area (Å²) < 4.78 is 0. The van der Waals surface area contributed by atoms with Gasteiger partial charge in [-0.05, 0) is 25.0 Å². The Kier molecular flexibility index (Phi) is 4.37. The lowest BCUT2D eigenvalue weighted by molar-refractivity contribution is -0.120. The molecule has 1 heterocycles. The second kappa shape index (κ2) is 6.01. The molecule has 2 rings (SSSR count). The van der Waals surface area contributed by atoms with E-state index in [-0.39, 0.29) is 11.8 Å². The van der Waals surface area contributed by atoms with Gasteiger partial charge in [-0.2, -0.15) is 0 Å². The smallest absolute Gasteiger partial charge is 0.228 e. The van der Waals surface area contributed by atoms with Gasteiger partial charge in [-0.15, -0.1) is 0 Å². The van der Waals surface area contributed by atoms with Gasteiger partial charge in [-0.3, -0.25) is 4.79 Å². The van der Waals surface area contributed by atoms with Crippen molar-refractivity contribution in [1.29, 1.82) is 0 Å². The molecule has 0 atom stereocenters. The first-order chi connectivity index (χ1) is 8.25. The largest absolute Gasteiger partial charge is 0.310 e. The molecule has 3 nitrogen and oxygen atoms in total. The van der Waals surface area contributed by atoms with E-state index in [0.29, 0.717) is 11.0 Å². The number of hydrogen-bond donors (Lipinski definition) is 1. The molecule has 1 amide bonds. The standard InChI is InChI=1S/C13H17ClN2O/c14-11-8-5-9-12(15-11)16-13(17)10-6-3-1-2-4-7-10/h5,8-10H,1-4,6-7H2,(H,15,16,17). The molecule has 0 bridgehead atoms. The van der Waals surface area contributed by atoms with Gasteiger partial charge in [0.25, 0.3) is 0 Å². The first-order valence-corrected chi connectivity index (χ1v) is 6.57. The summed E-state index contributed by atoms with van der Waals surface area (Å²) in [6.45, 7) is 0. The van der Waals surface area contributed by atoms with Crippen LogP contribution in [0.5, 0.6) is 0 Å². The number of hydrogen-bond acceptors (Lipinski definition) is 2. The van der Waals surface area contributed by atoms with Crippen LogP contribution in [0.25, 0.3) is 0 Å². The van der Waals surface area contributed by atoms with Gasteiger partial charge >= 0.3 is 0 Å². The first-order valence-electron chi connectivity index (χ1n) is 6.19. The molecular formula is C13H17ClN2O. The topological polar surface area (TPSA) is 42.0 Å². The Morgan fingerprint density at radius 3 is 2.59 bits per heavy atom. The molecule has 0 radical (unpaired) electrons. The fraction of sp³-hybridized carbons (Fsp3) is 0.538. The molecule has 1 N–H and O–H groups in total. The fourth-order valence-electron chi connectivity index (χ4n) is 2.25. The molecule has 0 spiro atoms. The van der Waals surface area contributed by atoms with Crippen molar-refractivity contribution in [3.8, 4) is 0 Å². The molecule has 17 heavy (non-hydrogen) atoms. The molecule has 1 aromatic heterocycles. The molecule has 92 valence electrons. The van der Waals surface area contributed by atoms with E-state index in [0.717, 1.165) is 25.7 Å². The van der Waals surface area contributed by atoms with Crippen LogP contribution in [0.4, 0.5) is 5.82 Å². The van der Waals surface area contributed by atoms with Crippen LogP contribution in [-0.2, 0) is 4.79 Å². The van der Waals surface area contributed by atoms with Crippen molar-refractivity contribution in [3.63, 3.8) is 0 Å². The van der Waals surface area contributed by atoms with Gasteiger partial charge in [0, 0.05) is 5.92 Å². The van der Waals surface area contributed by atoms with Gasteiger partial charge in [0.2, 0.25) is 5.91 Å². The van der Waals surface area contributed by atoms with Crippen LogP contribution >= 0.6 is 11.6 Å². The van der Waals surface area contributed by atoms with Crippen LogP contribution < -0.4 is 5.32 Å². The van der Waals surface area contributed by atoms with Crippen molar-refractivity contribution in [2.75, 3.05) is 5.32 Å². The summed E-state index contributed by atoms with van der Waals surface area (Å²) in [6, 6.07) is 5.25. The lowest BCUT2D eigenvalue weighted by atomic mass is 9.99. The number of nitrogens with one attached hydrogen (secondary N) is 1. The number of carbonyl (C=O) groups excluding carboxylic acids is 1. The summed E-state index contributed by atoms with van der Waals surface area (Å²) >= 11 is 5.78. The van der Waals surface area contributed by atoms with E-state index >= 15 is 0 Å². The molecule has 1 aliphatic rings. The summed E-state index contributed by atoms with van der Waals surface area (Å²) in [6.07, 6.45) is 6.79. The number of pyridine rings is 1. The first kappa shape index (κ1) is 12.4. The highest BCUT2D eigenvalue weighted by Gasteiger charge is 2.20. The predicted molar refractivity (Wildman–Crippen MR) is 69.1 cm³/mol. The quantitative estimate of drug-likeness (QED) is 0.645. The maximum Gasteiger partial charge on any atom is 0.228 e. The van der Waals surface area contributed by atoms with Crippen LogP contribution in [0, 0.1) is 5.92 Å². The van der Waals surface area contributed by atoms with Crippen molar-refractivity contribution in [3.05, 3.63) is 23.4 Å². The Morgan fingerprint density at radius 1 is 1.24 bits per heavy atom. The van der Waals surface area contributed by atoms with Crippen molar-refractivity contribution in [1.82, 2.24) is 4.98 Å². The van der Waals surface area contributed by atoms with Gasteiger partial charge < -0.3 is 5.32 Å². The van der Waals surface area contributed by atoms with Crippen molar-refractivity contribution in [2.24, 2.45) is 5.92 Å². The van der Waals surface area contributed by atoms with E-state index in [1.807, 2.05) is 0 Å². The molecule has 0 unspecified atom stereocenters. The molecule has 1 aromatic rings. The average molecular weight is 253 g/mol. The molecule has 0 saturated heterocycles. The average Bonchev–Trinajstić information content (AvgIpc) is 2.57. The van der Waals surface area contributed by atoms with Crippen LogP contribution in [0.2, 0.25) is 5.15 Å². The predicted octanol–water partition coefficient (Wildman–Crippen LogP) is 3.64. The van der Waals surface area contributed by atoms with E-state index in [9.17, 15) is 4.79 Å². The van der Waals surface area contributed by atoms with Gasteiger partial charge in [-0.25, -0.2) is 4.98 Å². The highest BCUT2D eigenvalue weighted by Crippen LogP contribution is 2.24. The van der Waals surface area contributed by atoms with Crippen LogP contribution in [-0.4, -0.2) is 10.9 Å². The third kappa shape index (κ3) is 3.70. The Morgan fingerprint density at radius 2 is 1.94 bits per heavy atom. The van der Waals surface area contributed by atoms with Crippen molar-refractivity contribution >= 4 is 23.3 Å². The number of aromatic nitrogens is 1. The maximum absolute atomic E-state index is 12.0. The fourth-order valence-corrected chi connectivity index (χ4v) is 2.41. The number of carbonyl (C=O) groups is 1. The number of amides is 1. The van der Waals surface area contributed by atoms with E-state index in [2.05, 4.69) is 10.3 Å². The normalized spacial score (nSPS) is 17.5. The lowest BCUT2D eigenvalue weighted by Gasteiger charge is -2.13.